The molecule has 0 bridgehead atoms. The van der Waals surface area contributed by atoms with Crippen molar-refractivity contribution in [1.82, 2.24) is 5.32 Å². The highest BCUT2D eigenvalue weighted by Crippen LogP contribution is 2.26. The molecule has 0 aromatic heterocycles. The standard InChI is InChI=1S/C23H39NO5S/c1-4-5-6-7-8-9-10-11-13-22(20-14-16-21(28-2)17-15-20)29-23(25)24-18-12-19-30(3,26)27/h14-17,22H,4-13,18-19H2,1-3H3,(H,24,25). The fourth-order valence-electron chi connectivity index (χ4n) is 3.27. The number of rotatable bonds is 16. The first-order valence-corrected chi connectivity index (χ1v) is 13.2. The number of carbonyl (C=O) groups excluding carboxylic acids is 1. The van der Waals surface area contributed by atoms with Crippen molar-refractivity contribution in [3.8, 4) is 5.75 Å². The van der Waals surface area contributed by atoms with Gasteiger partial charge in [-0.3, -0.25) is 0 Å². The molecule has 1 aromatic carbocycles. The highest BCUT2D eigenvalue weighted by atomic mass is 32.2. The van der Waals surface area contributed by atoms with Crippen molar-refractivity contribution in [1.29, 1.82) is 0 Å². The van der Waals surface area contributed by atoms with Gasteiger partial charge < -0.3 is 14.8 Å². The van der Waals surface area contributed by atoms with Crippen LogP contribution in [0.2, 0.25) is 0 Å². The summed E-state index contributed by atoms with van der Waals surface area (Å²) in [4.78, 5) is 12.2. The fraction of sp³-hybridized carbons (Fsp3) is 0.696. The summed E-state index contributed by atoms with van der Waals surface area (Å²) in [7, 11) is -1.41. The Bertz CT molecular complexity index is 688. The zero-order chi connectivity index (χ0) is 22.2. The second-order valence-corrected chi connectivity index (χ2v) is 10.1. The first kappa shape index (κ1) is 26.3. The molecule has 0 saturated heterocycles. The van der Waals surface area contributed by atoms with E-state index in [-0.39, 0.29) is 18.4 Å². The third kappa shape index (κ3) is 12.7. The topological polar surface area (TPSA) is 81.7 Å². The summed E-state index contributed by atoms with van der Waals surface area (Å²) >= 11 is 0. The van der Waals surface area contributed by atoms with Crippen molar-refractivity contribution in [3.63, 3.8) is 0 Å². The Balaban J connectivity index is 2.48. The van der Waals surface area contributed by atoms with Gasteiger partial charge in [0.25, 0.3) is 0 Å². The third-order valence-electron chi connectivity index (χ3n) is 5.02. The lowest BCUT2D eigenvalue weighted by Crippen LogP contribution is -2.28. The van der Waals surface area contributed by atoms with Gasteiger partial charge in [-0.1, -0.05) is 64.0 Å². The molecule has 1 N–H and O–H groups in total. The molecule has 172 valence electrons. The molecule has 0 heterocycles. The molecular formula is C23H39NO5S. The van der Waals surface area contributed by atoms with E-state index in [9.17, 15) is 13.2 Å². The summed E-state index contributed by atoms with van der Waals surface area (Å²) in [5.41, 5.74) is 0.935. The van der Waals surface area contributed by atoms with Crippen LogP contribution < -0.4 is 10.1 Å². The Morgan fingerprint density at radius 3 is 2.13 bits per heavy atom. The molecule has 6 nitrogen and oxygen atoms in total. The van der Waals surface area contributed by atoms with Gasteiger partial charge >= 0.3 is 6.09 Å². The fourth-order valence-corrected chi connectivity index (χ4v) is 3.94. The number of unbranched alkanes of at least 4 members (excludes halogenated alkanes) is 7. The van der Waals surface area contributed by atoms with Gasteiger partial charge in [-0.2, -0.15) is 0 Å². The second-order valence-electron chi connectivity index (χ2n) is 7.84. The van der Waals surface area contributed by atoms with Crippen LogP contribution in [0.3, 0.4) is 0 Å². The number of carbonyl (C=O) groups is 1. The molecule has 0 saturated carbocycles. The Kier molecular flexibility index (Phi) is 13.2. The van der Waals surface area contributed by atoms with E-state index in [0.717, 1.165) is 30.6 Å². The molecule has 0 spiro atoms. The summed E-state index contributed by atoms with van der Waals surface area (Å²) in [6.07, 6.45) is 11.2. The van der Waals surface area contributed by atoms with Crippen LogP contribution in [0, 0.1) is 0 Å². The molecule has 1 aromatic rings. The zero-order valence-electron chi connectivity index (χ0n) is 18.8. The van der Waals surface area contributed by atoms with Crippen molar-refractivity contribution < 1.29 is 22.7 Å². The number of sulfone groups is 1. The molecule has 0 radical (unpaired) electrons. The van der Waals surface area contributed by atoms with Crippen molar-refractivity contribution in [2.75, 3.05) is 25.7 Å². The quantitative estimate of drug-likeness (QED) is 0.346. The van der Waals surface area contributed by atoms with Gasteiger partial charge in [0.1, 0.15) is 21.7 Å². The molecule has 7 heteroatoms. The highest BCUT2D eigenvalue weighted by molar-refractivity contribution is 7.90. The van der Waals surface area contributed by atoms with E-state index in [0.29, 0.717) is 6.42 Å². The number of hydrogen-bond donors (Lipinski definition) is 1. The first-order valence-electron chi connectivity index (χ1n) is 11.1. The summed E-state index contributed by atoms with van der Waals surface area (Å²) in [5, 5.41) is 2.66. The zero-order valence-corrected chi connectivity index (χ0v) is 19.6. The minimum absolute atomic E-state index is 0.0491. The van der Waals surface area contributed by atoms with Crippen LogP contribution in [0.25, 0.3) is 0 Å². The Labute approximate surface area is 182 Å². The number of nitrogens with one attached hydrogen (secondary N) is 1. The summed E-state index contributed by atoms with van der Waals surface area (Å²) < 4.78 is 33.2. The smallest absolute Gasteiger partial charge is 0.407 e. The molecule has 1 amide bonds. The average molecular weight is 442 g/mol. The SMILES string of the molecule is CCCCCCCCCCC(OC(=O)NCCCS(C)(=O)=O)c1ccc(OC)cc1. The van der Waals surface area contributed by atoms with E-state index in [1.54, 1.807) is 7.11 Å². The van der Waals surface area contributed by atoms with Gasteiger partial charge in [-0.15, -0.1) is 0 Å². The summed E-state index contributed by atoms with van der Waals surface area (Å²) in [6, 6.07) is 7.57. The lowest BCUT2D eigenvalue weighted by molar-refractivity contribution is 0.0908. The highest BCUT2D eigenvalue weighted by Gasteiger charge is 2.17. The third-order valence-corrected chi connectivity index (χ3v) is 6.05. The molecule has 0 aliphatic rings. The number of amides is 1. The van der Waals surface area contributed by atoms with Gasteiger partial charge in [-0.25, -0.2) is 13.2 Å². The van der Waals surface area contributed by atoms with Gasteiger partial charge in [0.2, 0.25) is 0 Å². The Morgan fingerprint density at radius 2 is 1.57 bits per heavy atom. The molecular weight excluding hydrogens is 402 g/mol. The van der Waals surface area contributed by atoms with Gasteiger partial charge in [0.05, 0.1) is 12.9 Å². The Morgan fingerprint density at radius 1 is 0.967 bits per heavy atom. The van der Waals surface area contributed by atoms with Crippen LogP contribution in [0.15, 0.2) is 24.3 Å². The van der Waals surface area contributed by atoms with E-state index in [2.05, 4.69) is 12.2 Å². The average Bonchev–Trinajstić information content (AvgIpc) is 2.71. The molecule has 1 unspecified atom stereocenters. The molecule has 30 heavy (non-hydrogen) atoms. The van der Waals surface area contributed by atoms with Crippen molar-refractivity contribution in [3.05, 3.63) is 29.8 Å². The van der Waals surface area contributed by atoms with E-state index < -0.39 is 15.9 Å². The van der Waals surface area contributed by atoms with Crippen molar-refractivity contribution in [2.45, 2.75) is 77.2 Å². The van der Waals surface area contributed by atoms with E-state index in [1.807, 2.05) is 24.3 Å². The largest absolute Gasteiger partial charge is 0.497 e. The lowest BCUT2D eigenvalue weighted by Gasteiger charge is -2.19. The molecule has 0 aliphatic heterocycles. The van der Waals surface area contributed by atoms with Gasteiger partial charge in [0.15, 0.2) is 0 Å². The predicted molar refractivity (Wildman–Crippen MR) is 122 cm³/mol. The number of methoxy groups -OCH3 is 1. The summed E-state index contributed by atoms with van der Waals surface area (Å²) in [5.74, 6) is 0.808. The first-order chi connectivity index (χ1) is 14.4. The van der Waals surface area contributed by atoms with Gasteiger partial charge in [0, 0.05) is 12.8 Å². The van der Waals surface area contributed by atoms with Gasteiger partial charge in [-0.05, 0) is 37.0 Å². The van der Waals surface area contributed by atoms with Crippen LogP contribution >= 0.6 is 0 Å². The number of ether oxygens (including phenoxy) is 2. The normalized spacial score (nSPS) is 12.4. The number of hydrogen-bond acceptors (Lipinski definition) is 5. The van der Waals surface area contributed by atoms with E-state index in [1.165, 1.54) is 44.8 Å². The van der Waals surface area contributed by atoms with E-state index >= 15 is 0 Å². The maximum atomic E-state index is 12.2. The predicted octanol–water partition coefficient (Wildman–Crippen LogP) is 5.43. The molecule has 0 aliphatic carbocycles. The van der Waals surface area contributed by atoms with Crippen molar-refractivity contribution >= 4 is 15.9 Å². The molecule has 1 rings (SSSR count). The van der Waals surface area contributed by atoms with Crippen LogP contribution in [0.4, 0.5) is 4.79 Å². The maximum absolute atomic E-state index is 12.2. The monoisotopic (exact) mass is 441 g/mol. The van der Waals surface area contributed by atoms with Crippen LogP contribution in [0.1, 0.15) is 82.8 Å². The second kappa shape index (κ2) is 15.1. The summed E-state index contributed by atoms with van der Waals surface area (Å²) in [6.45, 7) is 2.50. The minimum Gasteiger partial charge on any atom is -0.497 e. The van der Waals surface area contributed by atoms with Crippen LogP contribution in [-0.4, -0.2) is 40.2 Å². The minimum atomic E-state index is -3.02. The van der Waals surface area contributed by atoms with Crippen LogP contribution in [-0.2, 0) is 14.6 Å². The lowest BCUT2D eigenvalue weighted by atomic mass is 10.0. The van der Waals surface area contributed by atoms with Crippen LogP contribution in [0.5, 0.6) is 5.75 Å². The number of benzene rings is 1. The number of alkyl carbamates (subject to hydrolysis) is 1. The maximum Gasteiger partial charge on any atom is 0.407 e. The van der Waals surface area contributed by atoms with Crippen molar-refractivity contribution in [2.24, 2.45) is 0 Å². The molecule has 0 fully saturated rings. The van der Waals surface area contributed by atoms with E-state index in [4.69, 9.17) is 9.47 Å². The molecule has 1 atom stereocenters. The Hall–Kier alpha value is -1.76.